The molecule has 0 radical (unpaired) electrons. The number of hydrogen-bond donors (Lipinski definition) is 1. The molecule has 2 amide bonds. The first-order valence-corrected chi connectivity index (χ1v) is 8.06. The number of anilines is 1. The summed E-state index contributed by atoms with van der Waals surface area (Å²) in [5, 5.41) is 0. The number of carbonyl (C=O) groups is 2. The van der Waals surface area contributed by atoms with Gasteiger partial charge in [-0.25, -0.2) is 22.4 Å². The molecule has 0 saturated carbocycles. The standard InChI is InChI=1S/C15H11FN2O4S/c1-17-23(21,22)9-6-7-12(16)13(8-9)18-14(19)10-4-2-3-5-11(10)15(18)20/h2-8,17H,1H3. The molecule has 118 valence electrons. The van der Waals surface area contributed by atoms with Gasteiger partial charge in [-0.15, -0.1) is 0 Å². The second-order valence-electron chi connectivity index (χ2n) is 4.81. The van der Waals surface area contributed by atoms with E-state index in [1.54, 1.807) is 12.1 Å². The van der Waals surface area contributed by atoms with Gasteiger partial charge >= 0.3 is 0 Å². The van der Waals surface area contributed by atoms with Crippen molar-refractivity contribution in [1.29, 1.82) is 0 Å². The summed E-state index contributed by atoms with van der Waals surface area (Å²) >= 11 is 0. The highest BCUT2D eigenvalue weighted by atomic mass is 32.2. The van der Waals surface area contributed by atoms with Crippen molar-refractivity contribution in [3.8, 4) is 0 Å². The fourth-order valence-electron chi connectivity index (χ4n) is 2.36. The first-order chi connectivity index (χ1) is 10.9. The molecular formula is C15H11FN2O4S. The third-order valence-corrected chi connectivity index (χ3v) is 4.94. The van der Waals surface area contributed by atoms with Gasteiger partial charge in [-0.2, -0.15) is 0 Å². The topological polar surface area (TPSA) is 83.6 Å². The molecule has 0 atom stereocenters. The van der Waals surface area contributed by atoms with E-state index in [2.05, 4.69) is 4.72 Å². The van der Waals surface area contributed by atoms with Crippen molar-refractivity contribution in [3.63, 3.8) is 0 Å². The van der Waals surface area contributed by atoms with Crippen molar-refractivity contribution in [2.24, 2.45) is 0 Å². The van der Waals surface area contributed by atoms with E-state index in [1.807, 2.05) is 0 Å². The van der Waals surface area contributed by atoms with E-state index in [9.17, 15) is 22.4 Å². The smallest absolute Gasteiger partial charge is 0.266 e. The van der Waals surface area contributed by atoms with Crippen molar-refractivity contribution in [2.75, 3.05) is 11.9 Å². The summed E-state index contributed by atoms with van der Waals surface area (Å²) in [5.74, 6) is -2.25. The van der Waals surface area contributed by atoms with Crippen molar-refractivity contribution in [2.45, 2.75) is 4.90 Å². The lowest BCUT2D eigenvalue weighted by Crippen LogP contribution is -2.30. The molecule has 2 aromatic rings. The van der Waals surface area contributed by atoms with E-state index in [0.717, 1.165) is 18.2 Å². The van der Waals surface area contributed by atoms with E-state index in [0.29, 0.717) is 4.90 Å². The van der Waals surface area contributed by atoms with Gasteiger partial charge in [0.05, 0.1) is 21.7 Å². The summed E-state index contributed by atoms with van der Waals surface area (Å²) in [4.78, 5) is 25.1. The van der Waals surface area contributed by atoms with E-state index >= 15 is 0 Å². The Morgan fingerprint density at radius 2 is 1.57 bits per heavy atom. The molecule has 1 heterocycles. The number of nitrogens with one attached hydrogen (secondary N) is 1. The Bertz CT molecular complexity index is 905. The number of nitrogens with zero attached hydrogens (tertiary/aromatic N) is 1. The van der Waals surface area contributed by atoms with Crippen LogP contribution in [0.1, 0.15) is 20.7 Å². The summed E-state index contributed by atoms with van der Waals surface area (Å²) in [6.07, 6.45) is 0. The Morgan fingerprint density at radius 3 is 2.09 bits per heavy atom. The summed E-state index contributed by atoms with van der Waals surface area (Å²) in [6, 6.07) is 9.02. The molecule has 6 nitrogen and oxygen atoms in total. The summed E-state index contributed by atoms with van der Waals surface area (Å²) in [6.45, 7) is 0. The lowest BCUT2D eigenvalue weighted by molar-refractivity contribution is 0.0924. The van der Waals surface area contributed by atoms with E-state index < -0.39 is 33.3 Å². The number of halogens is 1. The van der Waals surface area contributed by atoms with Crippen LogP contribution in [-0.2, 0) is 10.0 Å². The van der Waals surface area contributed by atoms with Gasteiger partial charge in [0.1, 0.15) is 5.82 Å². The van der Waals surface area contributed by atoms with Gasteiger partial charge in [0, 0.05) is 0 Å². The van der Waals surface area contributed by atoms with Crippen LogP contribution in [0.2, 0.25) is 0 Å². The van der Waals surface area contributed by atoms with Crippen LogP contribution in [0.25, 0.3) is 0 Å². The fourth-order valence-corrected chi connectivity index (χ4v) is 3.11. The van der Waals surface area contributed by atoms with Crippen molar-refractivity contribution >= 4 is 27.5 Å². The minimum absolute atomic E-state index is 0.152. The van der Waals surface area contributed by atoms with E-state index in [-0.39, 0.29) is 16.0 Å². The number of benzene rings is 2. The zero-order chi connectivity index (χ0) is 16.8. The third-order valence-electron chi connectivity index (χ3n) is 3.53. The summed E-state index contributed by atoms with van der Waals surface area (Å²) in [5.41, 5.74) is -0.0925. The Kier molecular flexibility index (Phi) is 3.50. The van der Waals surface area contributed by atoms with Crippen LogP contribution in [0, 0.1) is 5.82 Å². The molecule has 0 aliphatic carbocycles. The molecule has 1 N–H and O–H groups in total. The first kappa shape index (κ1) is 15.3. The number of rotatable bonds is 3. The zero-order valence-electron chi connectivity index (χ0n) is 11.9. The van der Waals surface area contributed by atoms with Crippen LogP contribution in [0.3, 0.4) is 0 Å². The highest BCUT2D eigenvalue weighted by molar-refractivity contribution is 7.89. The van der Waals surface area contributed by atoms with Gasteiger partial charge in [0.15, 0.2) is 0 Å². The molecule has 1 aliphatic rings. The van der Waals surface area contributed by atoms with Gasteiger partial charge in [0.25, 0.3) is 11.8 Å². The fraction of sp³-hybridized carbons (Fsp3) is 0.0667. The number of sulfonamides is 1. The molecular weight excluding hydrogens is 323 g/mol. The number of fused-ring (bicyclic) bond motifs is 1. The normalized spacial score (nSPS) is 14.3. The number of carbonyl (C=O) groups excluding carboxylic acids is 2. The maximum absolute atomic E-state index is 14.1. The predicted molar refractivity (Wildman–Crippen MR) is 80.2 cm³/mol. The number of hydrogen-bond acceptors (Lipinski definition) is 4. The third kappa shape index (κ3) is 2.32. The van der Waals surface area contributed by atoms with Crippen LogP contribution in [0.5, 0.6) is 0 Å². The molecule has 1 aliphatic heterocycles. The van der Waals surface area contributed by atoms with Crippen LogP contribution in [0.15, 0.2) is 47.4 Å². The number of amides is 2. The van der Waals surface area contributed by atoms with Crippen molar-refractivity contribution < 1.29 is 22.4 Å². The molecule has 0 unspecified atom stereocenters. The summed E-state index contributed by atoms with van der Waals surface area (Å²) < 4.78 is 39.9. The van der Waals surface area contributed by atoms with E-state index in [4.69, 9.17) is 0 Å². The van der Waals surface area contributed by atoms with Crippen molar-refractivity contribution in [3.05, 3.63) is 59.4 Å². The van der Waals surface area contributed by atoms with Crippen LogP contribution >= 0.6 is 0 Å². The monoisotopic (exact) mass is 334 g/mol. The lowest BCUT2D eigenvalue weighted by atomic mass is 10.1. The van der Waals surface area contributed by atoms with Crippen molar-refractivity contribution in [1.82, 2.24) is 4.72 Å². The van der Waals surface area contributed by atoms with E-state index in [1.165, 1.54) is 19.2 Å². The van der Waals surface area contributed by atoms with Crippen LogP contribution in [0.4, 0.5) is 10.1 Å². The maximum atomic E-state index is 14.1. The molecule has 3 rings (SSSR count). The lowest BCUT2D eigenvalue weighted by Gasteiger charge is -2.16. The molecule has 0 aromatic heterocycles. The largest absolute Gasteiger partial charge is 0.268 e. The Hall–Kier alpha value is -2.58. The molecule has 8 heteroatoms. The van der Waals surface area contributed by atoms with Gasteiger partial charge in [0.2, 0.25) is 10.0 Å². The van der Waals surface area contributed by atoms with Crippen LogP contribution < -0.4 is 9.62 Å². The highest BCUT2D eigenvalue weighted by Gasteiger charge is 2.38. The van der Waals surface area contributed by atoms with Crippen LogP contribution in [-0.4, -0.2) is 27.3 Å². The minimum atomic E-state index is -3.84. The SMILES string of the molecule is CNS(=O)(=O)c1ccc(F)c(N2C(=O)c3ccccc3C2=O)c1. The Balaban J connectivity index is 2.16. The Morgan fingerprint density at radius 1 is 1.00 bits per heavy atom. The second kappa shape index (κ2) is 5.25. The van der Waals surface area contributed by atoms with Gasteiger partial charge in [-0.1, -0.05) is 12.1 Å². The molecule has 0 saturated heterocycles. The average Bonchev–Trinajstić information content (AvgIpc) is 2.80. The van der Waals surface area contributed by atoms with Gasteiger partial charge in [-0.05, 0) is 37.4 Å². The molecule has 2 aromatic carbocycles. The highest BCUT2D eigenvalue weighted by Crippen LogP contribution is 2.31. The predicted octanol–water partition coefficient (Wildman–Crippen LogP) is 1.53. The summed E-state index contributed by atoms with van der Waals surface area (Å²) in [7, 11) is -2.63. The zero-order valence-corrected chi connectivity index (χ0v) is 12.7. The maximum Gasteiger partial charge on any atom is 0.266 e. The number of imide groups is 1. The molecule has 0 bridgehead atoms. The second-order valence-corrected chi connectivity index (χ2v) is 6.70. The Labute approximate surface area is 131 Å². The molecule has 0 fully saturated rings. The van der Waals surface area contributed by atoms with Gasteiger partial charge in [-0.3, -0.25) is 9.59 Å². The average molecular weight is 334 g/mol. The van der Waals surface area contributed by atoms with Gasteiger partial charge < -0.3 is 0 Å². The minimum Gasteiger partial charge on any atom is -0.268 e. The quantitative estimate of drug-likeness (QED) is 0.863. The molecule has 23 heavy (non-hydrogen) atoms. The first-order valence-electron chi connectivity index (χ1n) is 6.58. The molecule has 0 spiro atoms.